The molecule has 0 aromatic carbocycles. The van der Waals surface area contributed by atoms with E-state index in [0.717, 1.165) is 24.4 Å². The molecule has 2 aromatic heterocycles. The molecule has 0 saturated heterocycles. The molecule has 0 atom stereocenters. The van der Waals surface area contributed by atoms with Crippen LogP contribution < -0.4 is 5.32 Å². The summed E-state index contributed by atoms with van der Waals surface area (Å²) in [6.45, 7) is 3.06. The van der Waals surface area contributed by atoms with E-state index in [1.54, 1.807) is 6.20 Å². The average Bonchev–Trinajstić information content (AvgIpc) is 2.80. The van der Waals surface area contributed by atoms with Crippen molar-refractivity contribution in [3.8, 4) is 0 Å². The Balaban J connectivity index is 1.65. The van der Waals surface area contributed by atoms with Gasteiger partial charge in [0.25, 0.3) is 0 Å². The van der Waals surface area contributed by atoms with Crippen molar-refractivity contribution < 1.29 is 4.79 Å². The van der Waals surface area contributed by atoms with Crippen molar-refractivity contribution in [2.45, 2.75) is 32.7 Å². The molecule has 2 N–H and O–H groups in total. The summed E-state index contributed by atoms with van der Waals surface area (Å²) in [5, 5.41) is 9.64. The van der Waals surface area contributed by atoms with Crippen LogP contribution in [-0.2, 0) is 17.8 Å². The standard InChI is InChI=1S/C14H19N5OS/c1-11-17-18-14(21)19(11)10-9-16-13(20)7-4-6-12-5-2-3-8-15-12/h2-3,5,8H,4,6-7,9-10H2,1H3,(H,16,20)(H,18,21). The van der Waals surface area contributed by atoms with Gasteiger partial charge >= 0.3 is 0 Å². The summed E-state index contributed by atoms with van der Waals surface area (Å²) >= 11 is 5.10. The summed E-state index contributed by atoms with van der Waals surface area (Å²) in [6, 6.07) is 5.82. The maximum absolute atomic E-state index is 11.7. The van der Waals surface area contributed by atoms with Crippen LogP contribution in [0, 0.1) is 11.7 Å². The first-order valence-electron chi connectivity index (χ1n) is 6.95. The number of hydrogen-bond donors (Lipinski definition) is 2. The molecular weight excluding hydrogens is 286 g/mol. The second kappa shape index (κ2) is 7.68. The van der Waals surface area contributed by atoms with Crippen molar-refractivity contribution in [3.63, 3.8) is 0 Å². The Kier molecular flexibility index (Phi) is 5.62. The first kappa shape index (κ1) is 15.4. The lowest BCUT2D eigenvalue weighted by atomic mass is 10.2. The summed E-state index contributed by atoms with van der Waals surface area (Å²) in [5.74, 6) is 0.878. The average molecular weight is 305 g/mol. The Morgan fingerprint density at radius 2 is 2.33 bits per heavy atom. The fourth-order valence-electron chi connectivity index (χ4n) is 2.03. The third kappa shape index (κ3) is 4.78. The third-order valence-corrected chi connectivity index (χ3v) is 3.48. The van der Waals surface area contributed by atoms with Gasteiger partial charge in [-0.15, -0.1) is 0 Å². The molecule has 0 aliphatic rings. The highest BCUT2D eigenvalue weighted by atomic mass is 32.1. The van der Waals surface area contributed by atoms with Crippen LogP contribution in [0.1, 0.15) is 24.4 Å². The van der Waals surface area contributed by atoms with Crippen molar-refractivity contribution in [2.75, 3.05) is 6.54 Å². The van der Waals surface area contributed by atoms with Gasteiger partial charge in [0, 0.05) is 31.4 Å². The molecule has 0 aliphatic heterocycles. The third-order valence-electron chi connectivity index (χ3n) is 3.17. The number of nitrogens with zero attached hydrogens (tertiary/aromatic N) is 3. The molecule has 0 fully saturated rings. The van der Waals surface area contributed by atoms with Gasteiger partial charge in [0.15, 0.2) is 4.77 Å². The molecule has 0 unspecified atom stereocenters. The number of nitrogens with one attached hydrogen (secondary N) is 2. The van der Waals surface area contributed by atoms with Gasteiger partial charge in [-0.25, -0.2) is 0 Å². The Morgan fingerprint density at radius 1 is 1.48 bits per heavy atom. The van der Waals surface area contributed by atoms with Gasteiger partial charge in [0.1, 0.15) is 5.82 Å². The van der Waals surface area contributed by atoms with E-state index in [1.807, 2.05) is 29.7 Å². The topological polar surface area (TPSA) is 75.6 Å². The molecule has 1 amide bonds. The normalized spacial score (nSPS) is 10.5. The minimum atomic E-state index is 0.0543. The number of aromatic nitrogens is 4. The van der Waals surface area contributed by atoms with Crippen molar-refractivity contribution in [1.29, 1.82) is 0 Å². The Labute approximate surface area is 128 Å². The molecule has 0 spiro atoms. The van der Waals surface area contributed by atoms with E-state index in [-0.39, 0.29) is 5.91 Å². The van der Waals surface area contributed by atoms with E-state index in [9.17, 15) is 4.79 Å². The highest BCUT2D eigenvalue weighted by molar-refractivity contribution is 7.71. The van der Waals surface area contributed by atoms with E-state index < -0.39 is 0 Å². The highest BCUT2D eigenvalue weighted by Crippen LogP contribution is 2.01. The SMILES string of the molecule is Cc1n[nH]c(=S)n1CCNC(=O)CCCc1ccccn1. The lowest BCUT2D eigenvalue weighted by Gasteiger charge is -2.06. The molecule has 0 bridgehead atoms. The lowest BCUT2D eigenvalue weighted by Crippen LogP contribution is -2.27. The van der Waals surface area contributed by atoms with Gasteiger partial charge in [0.05, 0.1) is 0 Å². The molecule has 2 heterocycles. The predicted octanol–water partition coefficient (Wildman–Crippen LogP) is 1.78. The molecule has 6 nitrogen and oxygen atoms in total. The molecule has 0 aliphatic carbocycles. The number of H-pyrrole nitrogens is 1. The van der Waals surface area contributed by atoms with E-state index in [1.165, 1.54) is 0 Å². The van der Waals surface area contributed by atoms with Crippen molar-refractivity contribution in [1.82, 2.24) is 25.1 Å². The number of pyridine rings is 1. The van der Waals surface area contributed by atoms with Gasteiger partial charge in [-0.05, 0) is 44.1 Å². The van der Waals surface area contributed by atoms with Crippen molar-refractivity contribution in [3.05, 3.63) is 40.7 Å². The highest BCUT2D eigenvalue weighted by Gasteiger charge is 2.04. The Morgan fingerprint density at radius 3 is 3.00 bits per heavy atom. The maximum atomic E-state index is 11.7. The number of carbonyl (C=O) groups is 1. The maximum Gasteiger partial charge on any atom is 0.220 e. The van der Waals surface area contributed by atoms with Crippen LogP contribution >= 0.6 is 12.2 Å². The zero-order valence-electron chi connectivity index (χ0n) is 12.0. The van der Waals surface area contributed by atoms with Gasteiger partial charge in [-0.1, -0.05) is 6.07 Å². The second-order valence-corrected chi connectivity index (χ2v) is 5.14. The van der Waals surface area contributed by atoms with Crippen LogP contribution in [0.15, 0.2) is 24.4 Å². The summed E-state index contributed by atoms with van der Waals surface area (Å²) in [4.78, 5) is 16.0. The van der Waals surface area contributed by atoms with Crippen LogP contribution in [0.25, 0.3) is 0 Å². The van der Waals surface area contributed by atoms with Gasteiger partial charge in [-0.3, -0.25) is 14.9 Å². The van der Waals surface area contributed by atoms with Gasteiger partial charge in [0.2, 0.25) is 5.91 Å². The van der Waals surface area contributed by atoms with Crippen molar-refractivity contribution in [2.24, 2.45) is 0 Å². The monoisotopic (exact) mass is 305 g/mol. The number of hydrogen-bond acceptors (Lipinski definition) is 4. The van der Waals surface area contributed by atoms with Crippen molar-refractivity contribution >= 4 is 18.1 Å². The molecular formula is C14H19N5OS. The van der Waals surface area contributed by atoms with Crippen LogP contribution in [0.4, 0.5) is 0 Å². The fourth-order valence-corrected chi connectivity index (χ4v) is 2.30. The molecule has 0 saturated carbocycles. The second-order valence-electron chi connectivity index (χ2n) is 4.75. The number of amides is 1. The summed E-state index contributed by atoms with van der Waals surface area (Å²) in [6.07, 6.45) is 3.89. The molecule has 21 heavy (non-hydrogen) atoms. The first-order valence-corrected chi connectivity index (χ1v) is 7.36. The van der Waals surface area contributed by atoms with E-state index in [2.05, 4.69) is 20.5 Å². The van der Waals surface area contributed by atoms with E-state index >= 15 is 0 Å². The van der Waals surface area contributed by atoms with E-state index in [0.29, 0.717) is 24.3 Å². The zero-order chi connectivity index (χ0) is 15.1. The molecule has 0 radical (unpaired) electrons. The zero-order valence-corrected chi connectivity index (χ0v) is 12.8. The smallest absolute Gasteiger partial charge is 0.220 e. The molecule has 7 heteroatoms. The summed E-state index contributed by atoms with van der Waals surface area (Å²) < 4.78 is 2.45. The number of aromatic amines is 1. The Bertz CT molecular complexity index is 634. The predicted molar refractivity (Wildman–Crippen MR) is 82.3 cm³/mol. The van der Waals surface area contributed by atoms with Crippen LogP contribution in [-0.4, -0.2) is 32.2 Å². The van der Waals surface area contributed by atoms with Gasteiger partial charge < -0.3 is 9.88 Å². The summed E-state index contributed by atoms with van der Waals surface area (Å²) in [7, 11) is 0. The minimum absolute atomic E-state index is 0.0543. The first-order chi connectivity index (χ1) is 10.2. The number of aryl methyl sites for hydroxylation is 2. The number of rotatable bonds is 7. The fraction of sp³-hybridized carbons (Fsp3) is 0.429. The minimum Gasteiger partial charge on any atom is -0.354 e. The van der Waals surface area contributed by atoms with E-state index in [4.69, 9.17) is 12.2 Å². The summed E-state index contributed by atoms with van der Waals surface area (Å²) in [5.41, 5.74) is 1.02. The van der Waals surface area contributed by atoms with Gasteiger partial charge in [-0.2, -0.15) is 5.10 Å². The Hall–Kier alpha value is -2.02. The number of carbonyl (C=O) groups excluding carboxylic acids is 1. The quantitative estimate of drug-likeness (QED) is 0.765. The van der Waals surface area contributed by atoms with Crippen LogP contribution in [0.3, 0.4) is 0 Å². The molecule has 112 valence electrons. The largest absolute Gasteiger partial charge is 0.354 e. The molecule has 2 rings (SSSR count). The lowest BCUT2D eigenvalue weighted by molar-refractivity contribution is -0.121. The molecule has 2 aromatic rings. The van der Waals surface area contributed by atoms with Crippen LogP contribution in [0.2, 0.25) is 0 Å². The van der Waals surface area contributed by atoms with Crippen LogP contribution in [0.5, 0.6) is 0 Å².